The minimum absolute atomic E-state index is 0. The van der Waals surface area contributed by atoms with Gasteiger partial charge in [0, 0.05) is 34.1 Å². The summed E-state index contributed by atoms with van der Waals surface area (Å²) in [5.41, 5.74) is 8.51. The average Bonchev–Trinajstić information content (AvgIpc) is 3.91. The number of benzene rings is 5. The van der Waals surface area contributed by atoms with E-state index in [9.17, 15) is 0 Å². The van der Waals surface area contributed by atoms with Crippen molar-refractivity contribution >= 4 is 51.1 Å². The fraction of sp³-hybridized carbons (Fsp3) is 0.0909. The van der Waals surface area contributed by atoms with Crippen molar-refractivity contribution in [1.82, 2.24) is 19.3 Å². The molecule has 1 aliphatic carbocycles. The van der Waals surface area contributed by atoms with Crippen LogP contribution in [0.25, 0.3) is 50.0 Å². The Labute approximate surface area is 311 Å². The molecule has 1 unspecified atom stereocenters. The van der Waals surface area contributed by atoms with Crippen LogP contribution in [-0.2, 0) is 21.1 Å². The summed E-state index contributed by atoms with van der Waals surface area (Å²) in [4.78, 5) is 4.67. The summed E-state index contributed by atoms with van der Waals surface area (Å²) < 4.78 is 10.9. The van der Waals surface area contributed by atoms with Crippen LogP contribution in [-0.4, -0.2) is 27.4 Å². The zero-order valence-corrected chi connectivity index (χ0v) is 30.8. The molecule has 5 nitrogen and oxygen atoms in total. The monoisotopic (exact) mass is 853 g/mol. The topological polar surface area (TPSA) is 44.9 Å². The van der Waals surface area contributed by atoms with Gasteiger partial charge in [-0.1, -0.05) is 83.5 Å². The van der Waals surface area contributed by atoms with Crippen LogP contribution in [0.3, 0.4) is 0 Å². The molecule has 246 valence electrons. The van der Waals surface area contributed by atoms with Crippen LogP contribution in [0.15, 0.2) is 139 Å². The first kappa shape index (κ1) is 30.5. The van der Waals surface area contributed by atoms with Crippen LogP contribution in [0.4, 0.5) is 0 Å². The summed E-state index contributed by atoms with van der Waals surface area (Å²) in [5.74, 6) is 2.09. The van der Waals surface area contributed by atoms with Crippen LogP contribution in [0.1, 0.15) is 31.2 Å². The molecule has 0 saturated carbocycles. The molecule has 7 heteroatoms. The summed E-state index contributed by atoms with van der Waals surface area (Å²) in [6, 6.07) is 50.1. The fourth-order valence-electron chi connectivity index (χ4n) is 9.09. The molecule has 3 aliphatic rings. The van der Waals surface area contributed by atoms with Crippen molar-refractivity contribution < 1.29 is 25.8 Å². The maximum Gasteiger partial charge on any atom is 2.00 e. The van der Waals surface area contributed by atoms with Crippen LogP contribution in [0.5, 0.6) is 11.5 Å². The second-order valence-corrected chi connectivity index (χ2v) is 17.1. The number of hydrogen-bond donors (Lipinski definition) is 0. The van der Waals surface area contributed by atoms with E-state index in [0.717, 1.165) is 46.2 Å². The van der Waals surface area contributed by atoms with Gasteiger partial charge in [-0.05, 0) is 82.0 Å². The summed E-state index contributed by atoms with van der Waals surface area (Å²) in [5, 5.41) is 13.4. The number of allylic oxidation sites excluding steroid dienone is 2. The number of ether oxygens (including phenoxy) is 1. The third-order valence-electron chi connectivity index (χ3n) is 11.0. The smallest absolute Gasteiger partial charge is 0.509 e. The van der Waals surface area contributed by atoms with E-state index in [1.54, 1.807) is 10.8 Å². The minimum atomic E-state index is -2.54. The molecule has 0 amide bonds. The van der Waals surface area contributed by atoms with Gasteiger partial charge in [0.15, 0.2) is 8.07 Å². The Hall–Kier alpha value is -5.29. The molecular weight excluding hydrogens is 824 g/mol. The van der Waals surface area contributed by atoms with Crippen LogP contribution in [0.2, 0.25) is 0 Å². The summed E-state index contributed by atoms with van der Waals surface area (Å²) >= 11 is 0. The molecular formula is C44H30N4OPtSi. The van der Waals surface area contributed by atoms with Gasteiger partial charge in [0.2, 0.25) is 0 Å². The van der Waals surface area contributed by atoms with Crippen molar-refractivity contribution in [2.75, 3.05) is 0 Å². The molecule has 0 fully saturated rings. The molecule has 3 aromatic heterocycles. The van der Waals surface area contributed by atoms with Gasteiger partial charge >= 0.3 is 21.1 Å². The number of hydrogen-bond acceptors (Lipinski definition) is 3. The number of para-hydroxylation sites is 1. The second-order valence-electron chi connectivity index (χ2n) is 13.5. The van der Waals surface area contributed by atoms with E-state index < -0.39 is 8.07 Å². The number of fused-ring (bicyclic) bond motifs is 12. The second kappa shape index (κ2) is 11.6. The van der Waals surface area contributed by atoms with Gasteiger partial charge in [-0.3, -0.25) is 4.68 Å². The number of aromatic nitrogens is 4. The van der Waals surface area contributed by atoms with Gasteiger partial charge in [-0.15, -0.1) is 35.7 Å². The van der Waals surface area contributed by atoms with Crippen molar-refractivity contribution in [3.8, 4) is 34.1 Å². The van der Waals surface area contributed by atoms with Crippen molar-refractivity contribution in [1.29, 1.82) is 0 Å². The van der Waals surface area contributed by atoms with E-state index in [1.165, 1.54) is 45.2 Å². The molecule has 1 atom stereocenters. The minimum Gasteiger partial charge on any atom is -0.509 e. The van der Waals surface area contributed by atoms with Crippen molar-refractivity contribution in [3.63, 3.8) is 0 Å². The van der Waals surface area contributed by atoms with E-state index in [2.05, 4.69) is 117 Å². The normalized spacial score (nSPS) is 16.9. The standard InChI is InChI=1S/C44H30N4OSi.Pt/c1-5-18-38-32(14-1)33-24-23-31(27-39(33)47(38)43-22-9-10-25-45-43)49-30-13-11-12-29(26-30)48-44-37(28-46-48)36-17-4-8-21-42(36)50(44)40-19-6-2-15-34(40)35-16-3-7-20-41(35)50;/h1-2,4-6,8-15,17-19,21-25,28H,3,7,16,20H2;/q-2;+2. The molecule has 8 aromatic rings. The molecule has 0 bridgehead atoms. The third kappa shape index (κ3) is 4.24. The van der Waals surface area contributed by atoms with Gasteiger partial charge in [0.05, 0.1) is 6.20 Å². The largest absolute Gasteiger partial charge is 2.00 e. The van der Waals surface area contributed by atoms with Crippen LogP contribution in [0, 0.1) is 12.1 Å². The van der Waals surface area contributed by atoms with Crippen molar-refractivity contribution in [2.24, 2.45) is 0 Å². The molecule has 0 saturated heterocycles. The van der Waals surface area contributed by atoms with E-state index in [1.807, 2.05) is 42.6 Å². The van der Waals surface area contributed by atoms with Crippen molar-refractivity contribution in [3.05, 3.63) is 157 Å². The molecule has 5 aromatic carbocycles. The summed E-state index contributed by atoms with van der Waals surface area (Å²) in [6.07, 6.45) is 8.70. The van der Waals surface area contributed by atoms with Crippen molar-refractivity contribution in [2.45, 2.75) is 25.7 Å². The number of rotatable bonds is 4. The molecule has 0 radical (unpaired) electrons. The van der Waals surface area contributed by atoms with Gasteiger partial charge in [-0.2, -0.15) is 17.2 Å². The van der Waals surface area contributed by atoms with Crippen LogP contribution < -0.4 is 20.4 Å². The first-order valence-electron chi connectivity index (χ1n) is 17.4. The summed E-state index contributed by atoms with van der Waals surface area (Å²) in [7, 11) is -2.54. The van der Waals surface area contributed by atoms with Gasteiger partial charge in [0.25, 0.3) is 0 Å². The molecule has 0 N–H and O–H groups in total. The quantitative estimate of drug-likeness (QED) is 0.133. The number of nitrogens with zero attached hydrogens (tertiary/aromatic N) is 4. The first-order valence-corrected chi connectivity index (χ1v) is 19.4. The Morgan fingerprint density at radius 3 is 2.29 bits per heavy atom. The van der Waals surface area contributed by atoms with E-state index in [0.29, 0.717) is 11.5 Å². The predicted octanol–water partition coefficient (Wildman–Crippen LogP) is 8.09. The maximum atomic E-state index is 6.57. The molecule has 51 heavy (non-hydrogen) atoms. The Balaban J connectivity index is 0.00000327. The molecule has 1 spiro atoms. The zero-order chi connectivity index (χ0) is 32.8. The van der Waals surface area contributed by atoms with Gasteiger partial charge < -0.3 is 9.30 Å². The molecule has 5 heterocycles. The Morgan fingerprint density at radius 1 is 0.647 bits per heavy atom. The third-order valence-corrected chi connectivity index (χ3v) is 16.1. The van der Waals surface area contributed by atoms with E-state index in [4.69, 9.17) is 9.84 Å². The predicted molar refractivity (Wildman–Crippen MR) is 202 cm³/mol. The Bertz CT molecular complexity index is 2710. The first-order chi connectivity index (χ1) is 24.8. The van der Waals surface area contributed by atoms with Gasteiger partial charge in [0.1, 0.15) is 5.82 Å². The van der Waals surface area contributed by atoms with E-state index >= 15 is 0 Å². The SMILES string of the molecule is [Pt+2].[c-]1c(Oc2[c-]c3c(cc2)c2ccccc2n3-c2ccccn2)cccc1-n1ncc2c1[Si]1(C3=C(CCCC3)c3ccccc31)c1ccccc1-2. The fourth-order valence-corrected chi connectivity index (χ4v) is 15.1. The van der Waals surface area contributed by atoms with Gasteiger partial charge in [-0.25, -0.2) is 4.98 Å². The summed E-state index contributed by atoms with van der Waals surface area (Å²) in [6.45, 7) is 0. The van der Waals surface area contributed by atoms with Crippen LogP contribution >= 0.6 is 0 Å². The van der Waals surface area contributed by atoms with E-state index in [-0.39, 0.29) is 21.1 Å². The number of pyridine rings is 1. The Kier molecular flexibility index (Phi) is 6.96. The maximum absolute atomic E-state index is 6.57. The molecule has 11 rings (SSSR count). The Morgan fingerprint density at radius 2 is 1.41 bits per heavy atom. The zero-order valence-electron chi connectivity index (χ0n) is 27.5. The molecule has 2 aliphatic heterocycles. The average molecular weight is 854 g/mol.